The zero-order valence-corrected chi connectivity index (χ0v) is 19.2. The van der Waals surface area contributed by atoms with Crippen molar-refractivity contribution in [2.24, 2.45) is 11.8 Å². The fourth-order valence-corrected chi connectivity index (χ4v) is 4.61. The number of fused-ring (bicyclic) bond motifs is 3. The van der Waals surface area contributed by atoms with Crippen LogP contribution in [0.3, 0.4) is 0 Å². The van der Waals surface area contributed by atoms with Gasteiger partial charge in [0.2, 0.25) is 5.91 Å². The Balaban J connectivity index is 1.34. The van der Waals surface area contributed by atoms with E-state index in [2.05, 4.69) is 22.8 Å². The predicted molar refractivity (Wildman–Crippen MR) is 125 cm³/mol. The molecule has 0 bridgehead atoms. The van der Waals surface area contributed by atoms with Crippen LogP contribution in [0.2, 0.25) is 0 Å². The van der Waals surface area contributed by atoms with Crippen LogP contribution in [-0.2, 0) is 19.1 Å². The van der Waals surface area contributed by atoms with E-state index >= 15 is 0 Å². The molecule has 8 heteroatoms. The summed E-state index contributed by atoms with van der Waals surface area (Å²) in [6.07, 6.45) is 0.870. The van der Waals surface area contributed by atoms with Crippen LogP contribution < -0.4 is 10.6 Å². The van der Waals surface area contributed by atoms with Crippen molar-refractivity contribution >= 4 is 18.0 Å². The number of aliphatic carboxylic acids is 1. The van der Waals surface area contributed by atoms with E-state index in [0.29, 0.717) is 25.9 Å². The number of rotatable bonds is 11. The first kappa shape index (κ1) is 23.8. The molecule has 3 unspecified atom stereocenters. The van der Waals surface area contributed by atoms with E-state index in [1.807, 2.05) is 36.4 Å². The maximum Gasteiger partial charge on any atom is 0.407 e. The fraction of sp³-hybridized carbons (Fsp3) is 0.423. The highest BCUT2D eigenvalue weighted by molar-refractivity contribution is 5.86. The molecule has 4 rings (SSSR count). The lowest BCUT2D eigenvalue weighted by Gasteiger charge is -2.20. The molecule has 1 saturated carbocycles. The summed E-state index contributed by atoms with van der Waals surface area (Å²) in [5.74, 6) is -1.71. The highest BCUT2D eigenvalue weighted by atomic mass is 16.5. The summed E-state index contributed by atoms with van der Waals surface area (Å²) >= 11 is 0. The van der Waals surface area contributed by atoms with Crippen LogP contribution in [0.5, 0.6) is 0 Å². The first-order valence-corrected chi connectivity index (χ1v) is 11.6. The molecule has 0 saturated heterocycles. The summed E-state index contributed by atoms with van der Waals surface area (Å²) in [4.78, 5) is 36.3. The van der Waals surface area contributed by atoms with Crippen LogP contribution in [0.25, 0.3) is 11.1 Å². The molecule has 0 heterocycles. The summed E-state index contributed by atoms with van der Waals surface area (Å²) in [6, 6.07) is 15.4. The average molecular weight is 467 g/mol. The van der Waals surface area contributed by atoms with Gasteiger partial charge in [-0.05, 0) is 47.4 Å². The minimum Gasteiger partial charge on any atom is -0.481 e. The SMILES string of the molecule is COCCCC(NC(=O)OCC1c2ccccc2-c2ccccc21)C(=O)NCC1CC1C(=O)O. The number of alkyl carbamates (subject to hydrolysis) is 1. The topological polar surface area (TPSA) is 114 Å². The van der Waals surface area contributed by atoms with Gasteiger partial charge in [-0.25, -0.2) is 4.79 Å². The van der Waals surface area contributed by atoms with Gasteiger partial charge in [-0.15, -0.1) is 0 Å². The van der Waals surface area contributed by atoms with E-state index < -0.39 is 24.0 Å². The molecular formula is C26H30N2O6. The van der Waals surface area contributed by atoms with Crippen LogP contribution in [0.4, 0.5) is 4.79 Å². The van der Waals surface area contributed by atoms with Gasteiger partial charge in [0, 0.05) is 26.2 Å². The number of carboxylic acids is 1. The Hall–Kier alpha value is -3.39. The number of carbonyl (C=O) groups is 3. The molecule has 3 N–H and O–H groups in total. The van der Waals surface area contributed by atoms with E-state index in [1.165, 1.54) is 0 Å². The minimum atomic E-state index is -0.840. The third-order valence-electron chi connectivity index (χ3n) is 6.57. The van der Waals surface area contributed by atoms with Gasteiger partial charge < -0.3 is 25.2 Å². The smallest absolute Gasteiger partial charge is 0.407 e. The van der Waals surface area contributed by atoms with E-state index in [-0.39, 0.29) is 30.9 Å². The van der Waals surface area contributed by atoms with Crippen LogP contribution in [0, 0.1) is 11.8 Å². The normalized spacial score (nSPS) is 19.0. The maximum absolute atomic E-state index is 12.7. The van der Waals surface area contributed by atoms with Crippen LogP contribution in [0.1, 0.15) is 36.3 Å². The van der Waals surface area contributed by atoms with Crippen molar-refractivity contribution in [1.82, 2.24) is 10.6 Å². The molecule has 2 aliphatic carbocycles. The molecule has 180 valence electrons. The van der Waals surface area contributed by atoms with Gasteiger partial charge in [0.15, 0.2) is 0 Å². The molecule has 0 aliphatic heterocycles. The van der Waals surface area contributed by atoms with Gasteiger partial charge in [-0.1, -0.05) is 48.5 Å². The van der Waals surface area contributed by atoms with Crippen molar-refractivity contribution in [3.63, 3.8) is 0 Å². The zero-order valence-electron chi connectivity index (χ0n) is 19.2. The number of hydrogen-bond donors (Lipinski definition) is 3. The fourth-order valence-electron chi connectivity index (χ4n) is 4.61. The van der Waals surface area contributed by atoms with E-state index in [4.69, 9.17) is 14.6 Å². The highest BCUT2D eigenvalue weighted by Crippen LogP contribution is 2.44. The number of carboxylic acid groups (broad SMARTS) is 1. The molecule has 1 fully saturated rings. The predicted octanol–water partition coefficient (Wildman–Crippen LogP) is 3.16. The second-order valence-electron chi connectivity index (χ2n) is 8.84. The summed E-state index contributed by atoms with van der Waals surface area (Å²) in [5, 5.41) is 14.5. The molecule has 34 heavy (non-hydrogen) atoms. The van der Waals surface area contributed by atoms with Gasteiger partial charge in [0.25, 0.3) is 0 Å². The number of ether oxygens (including phenoxy) is 2. The Morgan fingerprint density at radius 3 is 2.29 bits per heavy atom. The van der Waals surface area contributed by atoms with Crippen molar-refractivity contribution in [3.05, 3.63) is 59.7 Å². The molecule has 2 aromatic rings. The molecule has 0 aromatic heterocycles. The second-order valence-corrected chi connectivity index (χ2v) is 8.84. The third kappa shape index (κ3) is 5.39. The Bertz CT molecular complexity index is 1010. The number of hydrogen-bond acceptors (Lipinski definition) is 5. The van der Waals surface area contributed by atoms with Gasteiger partial charge >= 0.3 is 12.1 Å². The summed E-state index contributed by atoms with van der Waals surface area (Å²) in [6.45, 7) is 0.900. The Morgan fingerprint density at radius 2 is 1.71 bits per heavy atom. The third-order valence-corrected chi connectivity index (χ3v) is 6.57. The van der Waals surface area contributed by atoms with Crippen LogP contribution in [-0.4, -0.2) is 56.0 Å². The minimum absolute atomic E-state index is 0.0597. The van der Waals surface area contributed by atoms with Crippen molar-refractivity contribution in [3.8, 4) is 11.1 Å². The summed E-state index contributed by atoms with van der Waals surface area (Å²) in [7, 11) is 1.58. The molecule has 2 aromatic carbocycles. The highest BCUT2D eigenvalue weighted by Gasteiger charge is 2.43. The first-order chi connectivity index (χ1) is 16.5. The van der Waals surface area contributed by atoms with Crippen molar-refractivity contribution in [1.29, 1.82) is 0 Å². The van der Waals surface area contributed by atoms with Crippen molar-refractivity contribution < 1.29 is 29.0 Å². The molecule has 0 radical (unpaired) electrons. The Labute approximate surface area is 198 Å². The Kier molecular flexibility index (Phi) is 7.47. The van der Waals surface area contributed by atoms with Crippen molar-refractivity contribution in [2.45, 2.75) is 31.2 Å². The molecule has 2 aliphatic rings. The standard InChI is InChI=1S/C26H30N2O6/c1-33-12-6-11-23(24(29)27-14-16-13-21(16)25(30)31)28-26(32)34-15-22-19-9-4-2-7-17(19)18-8-3-5-10-20(18)22/h2-5,7-10,16,21-23H,6,11-15H2,1H3,(H,27,29)(H,28,32)(H,30,31). The van der Waals surface area contributed by atoms with Gasteiger partial charge in [-0.3, -0.25) is 9.59 Å². The second kappa shape index (κ2) is 10.7. The lowest BCUT2D eigenvalue weighted by Crippen LogP contribution is -2.47. The average Bonchev–Trinajstić information content (AvgIpc) is 3.56. The molecule has 2 amide bonds. The van der Waals surface area contributed by atoms with Gasteiger partial charge in [-0.2, -0.15) is 0 Å². The first-order valence-electron chi connectivity index (χ1n) is 11.6. The number of nitrogens with one attached hydrogen (secondary N) is 2. The number of carbonyl (C=O) groups excluding carboxylic acids is 2. The van der Waals surface area contributed by atoms with E-state index in [1.54, 1.807) is 7.11 Å². The number of methoxy groups -OCH3 is 1. The number of amides is 2. The molecule has 0 spiro atoms. The molecule has 8 nitrogen and oxygen atoms in total. The monoisotopic (exact) mass is 466 g/mol. The largest absolute Gasteiger partial charge is 0.481 e. The lowest BCUT2D eigenvalue weighted by atomic mass is 9.98. The maximum atomic E-state index is 12.7. The van der Waals surface area contributed by atoms with Gasteiger partial charge in [0.05, 0.1) is 5.92 Å². The summed E-state index contributed by atoms with van der Waals surface area (Å²) in [5.41, 5.74) is 4.51. The van der Waals surface area contributed by atoms with Crippen molar-refractivity contribution in [2.75, 3.05) is 26.9 Å². The zero-order chi connectivity index (χ0) is 24.1. The van der Waals surface area contributed by atoms with Crippen LogP contribution in [0.15, 0.2) is 48.5 Å². The Morgan fingerprint density at radius 1 is 1.06 bits per heavy atom. The molecule has 3 atom stereocenters. The van der Waals surface area contributed by atoms with E-state index in [9.17, 15) is 14.4 Å². The van der Waals surface area contributed by atoms with E-state index in [0.717, 1.165) is 22.3 Å². The van der Waals surface area contributed by atoms with Gasteiger partial charge in [0.1, 0.15) is 12.6 Å². The lowest BCUT2D eigenvalue weighted by molar-refractivity contribution is -0.139. The molecular weight excluding hydrogens is 436 g/mol. The van der Waals surface area contributed by atoms with Crippen LogP contribution >= 0.6 is 0 Å². The number of benzene rings is 2. The summed E-state index contributed by atoms with van der Waals surface area (Å²) < 4.78 is 10.6. The quantitative estimate of drug-likeness (QED) is 0.439.